The Morgan fingerprint density at radius 2 is 1.81 bits per heavy atom. The minimum Gasteiger partial charge on any atom is -0.481 e. The predicted octanol–water partition coefficient (Wildman–Crippen LogP) is 3.48. The normalized spacial score (nSPS) is 18.2. The highest BCUT2D eigenvalue weighted by Gasteiger charge is 2.42. The van der Waals surface area contributed by atoms with Crippen LogP contribution in [0.25, 0.3) is 11.0 Å². The Labute approximate surface area is 152 Å². The average Bonchev–Trinajstić information content (AvgIpc) is 3.50. The maximum atomic E-state index is 12.5. The molecule has 0 spiro atoms. The summed E-state index contributed by atoms with van der Waals surface area (Å²) in [4.78, 5) is 24.4. The summed E-state index contributed by atoms with van der Waals surface area (Å²) in [6.45, 7) is 5.42. The van der Waals surface area contributed by atoms with E-state index in [9.17, 15) is 9.59 Å². The van der Waals surface area contributed by atoms with Crippen molar-refractivity contribution in [1.29, 1.82) is 0 Å². The van der Waals surface area contributed by atoms with Gasteiger partial charge in [-0.25, -0.2) is 4.79 Å². The van der Waals surface area contributed by atoms with Crippen molar-refractivity contribution in [2.45, 2.75) is 58.6 Å². The number of rotatable bonds is 6. The molecule has 2 aromatic rings. The van der Waals surface area contributed by atoms with E-state index in [1.807, 2.05) is 19.1 Å². The molecule has 1 N–H and O–H groups in total. The number of ether oxygens (including phenoxy) is 1. The molecule has 5 nitrogen and oxygen atoms in total. The van der Waals surface area contributed by atoms with E-state index in [2.05, 4.69) is 5.32 Å². The second-order valence-corrected chi connectivity index (χ2v) is 7.77. The molecule has 2 saturated carbocycles. The van der Waals surface area contributed by atoms with Gasteiger partial charge in [0.25, 0.3) is 5.91 Å². The fourth-order valence-corrected chi connectivity index (χ4v) is 3.57. The monoisotopic (exact) mass is 355 g/mol. The number of nitrogens with one attached hydrogen (secondary N) is 1. The molecule has 138 valence electrons. The van der Waals surface area contributed by atoms with Crippen LogP contribution in [0.15, 0.2) is 27.4 Å². The Morgan fingerprint density at radius 1 is 1.15 bits per heavy atom. The highest BCUT2D eigenvalue weighted by Crippen LogP contribution is 2.44. The van der Waals surface area contributed by atoms with Gasteiger partial charge in [-0.3, -0.25) is 4.79 Å². The van der Waals surface area contributed by atoms with Crippen molar-refractivity contribution in [3.63, 3.8) is 0 Å². The third-order valence-corrected chi connectivity index (χ3v) is 5.68. The summed E-state index contributed by atoms with van der Waals surface area (Å²) in [7, 11) is 0. The number of hydrogen-bond donors (Lipinski definition) is 1. The first-order chi connectivity index (χ1) is 12.4. The van der Waals surface area contributed by atoms with Gasteiger partial charge in [0.1, 0.15) is 11.3 Å². The Morgan fingerprint density at radius 3 is 2.42 bits per heavy atom. The van der Waals surface area contributed by atoms with E-state index >= 15 is 0 Å². The summed E-state index contributed by atoms with van der Waals surface area (Å²) in [5.41, 5.74) is 1.67. The first kappa shape index (κ1) is 17.1. The summed E-state index contributed by atoms with van der Waals surface area (Å²) < 4.78 is 11.2. The fourth-order valence-electron chi connectivity index (χ4n) is 3.57. The number of carbonyl (C=O) groups is 1. The number of benzene rings is 1. The molecule has 1 heterocycles. The SMILES string of the molecule is Cc1c(C)c2ccc(OC(C)C(=O)NC(C3CC3)C3CC3)cc2oc1=O. The zero-order chi connectivity index (χ0) is 18.4. The number of fused-ring (bicyclic) bond motifs is 1. The second-order valence-electron chi connectivity index (χ2n) is 7.77. The molecule has 26 heavy (non-hydrogen) atoms. The maximum Gasteiger partial charge on any atom is 0.339 e. The standard InChI is InChI=1S/C21H25NO4/c1-11-12(2)21(24)26-18-10-16(8-9-17(11)18)25-13(3)20(23)22-19(14-4-5-14)15-6-7-15/h8-10,13-15,19H,4-7H2,1-3H3,(H,22,23). The molecule has 2 aliphatic carbocycles. The van der Waals surface area contributed by atoms with Gasteiger partial charge in [-0.2, -0.15) is 0 Å². The van der Waals surface area contributed by atoms with Crippen molar-refractivity contribution in [3.8, 4) is 5.75 Å². The topological polar surface area (TPSA) is 68.5 Å². The molecule has 5 heteroatoms. The van der Waals surface area contributed by atoms with E-state index < -0.39 is 6.10 Å². The van der Waals surface area contributed by atoms with Gasteiger partial charge in [-0.15, -0.1) is 0 Å². The molecule has 2 fully saturated rings. The summed E-state index contributed by atoms with van der Waals surface area (Å²) >= 11 is 0. The molecule has 0 radical (unpaired) electrons. The molecular weight excluding hydrogens is 330 g/mol. The molecule has 1 amide bonds. The number of hydrogen-bond acceptors (Lipinski definition) is 4. The number of aryl methyl sites for hydroxylation is 1. The van der Waals surface area contributed by atoms with Crippen LogP contribution in [-0.4, -0.2) is 18.1 Å². The zero-order valence-electron chi connectivity index (χ0n) is 15.5. The van der Waals surface area contributed by atoms with Crippen LogP contribution < -0.4 is 15.7 Å². The van der Waals surface area contributed by atoms with Gasteiger partial charge in [0.2, 0.25) is 0 Å². The van der Waals surface area contributed by atoms with Crippen LogP contribution in [0.4, 0.5) is 0 Å². The van der Waals surface area contributed by atoms with Crippen molar-refractivity contribution < 1.29 is 13.9 Å². The molecule has 1 unspecified atom stereocenters. The molecule has 0 saturated heterocycles. The van der Waals surface area contributed by atoms with Gasteiger partial charge in [0.15, 0.2) is 6.10 Å². The van der Waals surface area contributed by atoms with Crippen molar-refractivity contribution >= 4 is 16.9 Å². The minimum atomic E-state index is -0.592. The van der Waals surface area contributed by atoms with E-state index in [1.54, 1.807) is 19.9 Å². The lowest BCUT2D eigenvalue weighted by Gasteiger charge is -2.21. The zero-order valence-corrected chi connectivity index (χ0v) is 15.5. The van der Waals surface area contributed by atoms with Crippen LogP contribution in [0.2, 0.25) is 0 Å². The summed E-state index contributed by atoms with van der Waals surface area (Å²) in [5, 5.41) is 4.07. The van der Waals surface area contributed by atoms with Crippen molar-refractivity contribution in [2.75, 3.05) is 0 Å². The molecular formula is C21H25NO4. The molecule has 1 aromatic heterocycles. The first-order valence-electron chi connectivity index (χ1n) is 9.45. The molecule has 1 atom stereocenters. The average molecular weight is 355 g/mol. The summed E-state index contributed by atoms with van der Waals surface area (Å²) in [6, 6.07) is 5.69. The van der Waals surface area contributed by atoms with Crippen LogP contribution >= 0.6 is 0 Å². The predicted molar refractivity (Wildman–Crippen MR) is 99.4 cm³/mol. The van der Waals surface area contributed by atoms with Gasteiger partial charge in [0.05, 0.1) is 0 Å². The van der Waals surface area contributed by atoms with E-state index in [1.165, 1.54) is 25.7 Å². The molecule has 1 aromatic carbocycles. The smallest absolute Gasteiger partial charge is 0.339 e. The molecule has 4 rings (SSSR count). The maximum absolute atomic E-state index is 12.5. The Bertz CT molecular complexity index is 896. The third kappa shape index (κ3) is 3.35. The van der Waals surface area contributed by atoms with Gasteiger partial charge in [0, 0.05) is 23.1 Å². The van der Waals surface area contributed by atoms with Crippen molar-refractivity contribution in [3.05, 3.63) is 39.7 Å². The molecule has 2 aliphatic rings. The van der Waals surface area contributed by atoms with Crippen molar-refractivity contribution in [1.82, 2.24) is 5.32 Å². The van der Waals surface area contributed by atoms with Crippen LogP contribution in [0.3, 0.4) is 0 Å². The second kappa shape index (κ2) is 6.45. The van der Waals surface area contributed by atoms with Crippen LogP contribution in [0.1, 0.15) is 43.7 Å². The van der Waals surface area contributed by atoms with E-state index in [0.29, 0.717) is 34.8 Å². The van der Waals surface area contributed by atoms with Gasteiger partial charge >= 0.3 is 5.63 Å². The fraction of sp³-hybridized carbons (Fsp3) is 0.524. The van der Waals surface area contributed by atoms with Gasteiger partial charge < -0.3 is 14.5 Å². The Hall–Kier alpha value is -2.30. The van der Waals surface area contributed by atoms with Crippen LogP contribution in [-0.2, 0) is 4.79 Å². The van der Waals surface area contributed by atoms with E-state index in [4.69, 9.17) is 9.15 Å². The van der Waals surface area contributed by atoms with E-state index in [0.717, 1.165) is 10.9 Å². The van der Waals surface area contributed by atoms with Gasteiger partial charge in [-0.05, 0) is 76.0 Å². The number of amides is 1. The lowest BCUT2D eigenvalue weighted by molar-refractivity contribution is -0.128. The Kier molecular flexibility index (Phi) is 4.25. The van der Waals surface area contributed by atoms with Crippen molar-refractivity contribution in [2.24, 2.45) is 11.8 Å². The van der Waals surface area contributed by atoms with Gasteiger partial charge in [-0.1, -0.05) is 0 Å². The lowest BCUT2D eigenvalue weighted by Crippen LogP contribution is -2.44. The van der Waals surface area contributed by atoms with E-state index in [-0.39, 0.29) is 11.5 Å². The Balaban J connectivity index is 1.48. The minimum absolute atomic E-state index is 0.0737. The van der Waals surface area contributed by atoms with Crippen LogP contribution in [0, 0.1) is 25.7 Å². The highest BCUT2D eigenvalue weighted by atomic mass is 16.5. The first-order valence-corrected chi connectivity index (χ1v) is 9.45. The summed E-state index contributed by atoms with van der Waals surface area (Å²) in [5.74, 6) is 1.76. The van der Waals surface area contributed by atoms with Crippen LogP contribution in [0.5, 0.6) is 5.75 Å². The number of carbonyl (C=O) groups excluding carboxylic acids is 1. The third-order valence-electron chi connectivity index (χ3n) is 5.68. The quantitative estimate of drug-likeness (QED) is 0.806. The summed E-state index contributed by atoms with van der Waals surface area (Å²) in [6.07, 6.45) is 4.29. The molecule has 0 bridgehead atoms. The largest absolute Gasteiger partial charge is 0.481 e. The lowest BCUT2D eigenvalue weighted by atomic mass is 10.1. The molecule has 0 aliphatic heterocycles. The highest BCUT2D eigenvalue weighted by molar-refractivity contribution is 5.83.